The van der Waals surface area contributed by atoms with Gasteiger partial charge in [0.05, 0.1) is 30.7 Å². The Morgan fingerprint density at radius 3 is 2.67 bits per heavy atom. The second kappa shape index (κ2) is 10.6. The number of hydrogen-bond donors (Lipinski definition) is 3. The Hall–Kier alpha value is -3.86. The quantitative estimate of drug-likeness (QED) is 0.340. The largest absolute Gasteiger partial charge is 0.377 e. The average Bonchev–Trinajstić information content (AvgIpc) is 3.51. The van der Waals surface area contributed by atoms with Crippen molar-refractivity contribution in [2.24, 2.45) is 5.73 Å². The molecule has 1 amide bonds. The van der Waals surface area contributed by atoms with Gasteiger partial charge in [0.1, 0.15) is 23.5 Å². The van der Waals surface area contributed by atoms with Crippen LogP contribution in [0.5, 0.6) is 0 Å². The Balaban J connectivity index is 1.05. The smallest absolute Gasteiger partial charge is 0.274 e. The summed E-state index contributed by atoms with van der Waals surface area (Å²) >= 11 is 0. The van der Waals surface area contributed by atoms with E-state index < -0.39 is 0 Å². The number of pyridine rings is 1. The van der Waals surface area contributed by atoms with E-state index in [4.69, 9.17) is 10.5 Å². The van der Waals surface area contributed by atoms with Gasteiger partial charge in [-0.25, -0.2) is 9.97 Å². The third-order valence-corrected chi connectivity index (χ3v) is 8.35. The standard InChI is InChI=1S/C30H34N8O2/c31-21-2-1-11-37(15-21)14-19-9-10-32-27(12-19)30(39)35-22-5-3-20(4-6-22)26-13-25-28(36-26)33-18-34-29(25)38-23-7-8-24(38)17-40-16-23/h3-6,9-10,12-13,18,21,23-24H,1-2,7-8,11,14-17,31H2,(H,35,39)(H,33,34,36). The molecule has 4 aromatic rings. The molecule has 3 saturated heterocycles. The average molecular weight is 539 g/mol. The van der Waals surface area contributed by atoms with Gasteiger partial charge in [-0.3, -0.25) is 14.7 Å². The zero-order chi connectivity index (χ0) is 27.1. The van der Waals surface area contributed by atoms with E-state index in [1.54, 1.807) is 12.5 Å². The van der Waals surface area contributed by atoms with Crippen LogP contribution in [0.2, 0.25) is 0 Å². The fourth-order valence-corrected chi connectivity index (χ4v) is 6.38. The van der Waals surface area contributed by atoms with Crippen LogP contribution in [0.25, 0.3) is 22.3 Å². The lowest BCUT2D eigenvalue weighted by Crippen LogP contribution is -2.46. The zero-order valence-electron chi connectivity index (χ0n) is 22.4. The molecule has 3 aromatic heterocycles. The van der Waals surface area contributed by atoms with Crippen LogP contribution in [0.4, 0.5) is 11.5 Å². The molecule has 0 radical (unpaired) electrons. The summed E-state index contributed by atoms with van der Waals surface area (Å²) in [6.45, 7) is 4.19. The van der Waals surface area contributed by atoms with Crippen molar-refractivity contribution in [3.05, 3.63) is 66.2 Å². The summed E-state index contributed by atoms with van der Waals surface area (Å²) < 4.78 is 5.77. The van der Waals surface area contributed by atoms with Crippen LogP contribution in [0, 0.1) is 0 Å². The van der Waals surface area contributed by atoms with E-state index in [1.165, 1.54) is 0 Å². The minimum Gasteiger partial charge on any atom is -0.377 e. The Bertz CT molecular complexity index is 1500. The van der Waals surface area contributed by atoms with Gasteiger partial charge in [-0.05, 0) is 73.7 Å². The molecule has 7 rings (SSSR count). The number of nitrogens with one attached hydrogen (secondary N) is 2. The van der Waals surface area contributed by atoms with E-state index in [9.17, 15) is 4.79 Å². The molecule has 3 aliphatic rings. The first-order valence-electron chi connectivity index (χ1n) is 14.2. The molecule has 40 heavy (non-hydrogen) atoms. The van der Waals surface area contributed by atoms with Crippen LogP contribution in [-0.2, 0) is 11.3 Å². The van der Waals surface area contributed by atoms with Gasteiger partial charge in [-0.1, -0.05) is 12.1 Å². The van der Waals surface area contributed by atoms with Gasteiger partial charge in [-0.15, -0.1) is 0 Å². The molecule has 4 N–H and O–H groups in total. The zero-order valence-corrected chi connectivity index (χ0v) is 22.4. The molecule has 0 spiro atoms. The number of carbonyl (C=O) groups is 1. The fourth-order valence-electron chi connectivity index (χ4n) is 6.38. The van der Waals surface area contributed by atoms with Crippen molar-refractivity contribution in [2.45, 2.75) is 50.4 Å². The molecular formula is C30H34N8O2. The summed E-state index contributed by atoms with van der Waals surface area (Å²) in [6, 6.07) is 14.7. The summed E-state index contributed by atoms with van der Waals surface area (Å²) in [5, 5.41) is 4.00. The van der Waals surface area contributed by atoms with Gasteiger partial charge in [-0.2, -0.15) is 0 Å². The van der Waals surface area contributed by atoms with Gasteiger partial charge in [0.2, 0.25) is 0 Å². The molecular weight excluding hydrogens is 504 g/mol. The number of H-pyrrole nitrogens is 1. The Morgan fingerprint density at radius 2 is 1.88 bits per heavy atom. The minimum absolute atomic E-state index is 0.223. The normalized spacial score (nSPS) is 23.0. The molecule has 3 unspecified atom stereocenters. The Labute approximate surface area is 233 Å². The SMILES string of the molecule is NC1CCCN(Cc2ccnc(C(=O)Nc3ccc(-c4cc5c(N6C7CCC6COC7)ncnc5[nH]4)cc3)c2)C1. The first-order chi connectivity index (χ1) is 19.6. The van der Waals surface area contributed by atoms with Crippen LogP contribution in [0.15, 0.2) is 55.0 Å². The van der Waals surface area contributed by atoms with Gasteiger partial charge in [0.25, 0.3) is 5.91 Å². The van der Waals surface area contributed by atoms with Crippen LogP contribution in [-0.4, -0.2) is 75.2 Å². The number of ether oxygens (including phenoxy) is 1. The number of morpholine rings is 1. The number of carbonyl (C=O) groups excluding carboxylic acids is 1. The lowest BCUT2D eigenvalue weighted by Gasteiger charge is -2.35. The highest BCUT2D eigenvalue weighted by Crippen LogP contribution is 2.37. The Morgan fingerprint density at radius 1 is 1.05 bits per heavy atom. The maximum atomic E-state index is 13.0. The van der Waals surface area contributed by atoms with Crippen LogP contribution in [0.3, 0.4) is 0 Å². The minimum atomic E-state index is -0.226. The molecule has 3 atom stereocenters. The van der Waals surface area contributed by atoms with E-state index in [-0.39, 0.29) is 11.9 Å². The summed E-state index contributed by atoms with van der Waals surface area (Å²) in [5.74, 6) is 0.751. The highest BCUT2D eigenvalue weighted by atomic mass is 16.5. The third-order valence-electron chi connectivity index (χ3n) is 8.35. The third kappa shape index (κ3) is 4.94. The molecule has 2 bridgehead atoms. The maximum Gasteiger partial charge on any atom is 0.274 e. The lowest BCUT2D eigenvalue weighted by atomic mass is 10.1. The second-order valence-electron chi connectivity index (χ2n) is 11.2. The van der Waals surface area contributed by atoms with Gasteiger partial charge in [0.15, 0.2) is 0 Å². The number of likely N-dealkylation sites (tertiary alicyclic amines) is 1. The van der Waals surface area contributed by atoms with Crippen molar-refractivity contribution < 1.29 is 9.53 Å². The first kappa shape index (κ1) is 25.1. The topological polar surface area (TPSA) is 125 Å². The predicted octanol–water partition coefficient (Wildman–Crippen LogP) is 3.56. The number of nitrogens with two attached hydrogens (primary N) is 1. The molecule has 0 aliphatic carbocycles. The van der Waals surface area contributed by atoms with Gasteiger partial charge < -0.3 is 25.7 Å². The van der Waals surface area contributed by atoms with Crippen molar-refractivity contribution in [3.63, 3.8) is 0 Å². The Kier molecular flexibility index (Phi) is 6.66. The van der Waals surface area contributed by atoms with Gasteiger partial charge >= 0.3 is 0 Å². The number of nitrogens with zero attached hydrogens (tertiary/aromatic N) is 5. The van der Waals surface area contributed by atoms with Crippen molar-refractivity contribution in [3.8, 4) is 11.3 Å². The number of aromatic nitrogens is 4. The first-order valence-corrected chi connectivity index (χ1v) is 14.2. The molecule has 3 fully saturated rings. The summed E-state index contributed by atoms with van der Waals surface area (Å²) in [7, 11) is 0. The molecule has 10 heteroatoms. The van der Waals surface area contributed by atoms with Crippen LogP contribution in [0.1, 0.15) is 41.7 Å². The number of piperidine rings is 1. The van der Waals surface area contributed by atoms with Crippen LogP contribution < -0.4 is 16.0 Å². The number of aromatic amines is 1. The summed E-state index contributed by atoms with van der Waals surface area (Å²) in [6.07, 6.45) is 7.78. The van der Waals surface area contributed by atoms with E-state index in [0.29, 0.717) is 23.5 Å². The van der Waals surface area contributed by atoms with E-state index in [2.05, 4.69) is 41.1 Å². The number of amides is 1. The molecule has 0 saturated carbocycles. The molecule has 1 aromatic carbocycles. The fraction of sp³-hybridized carbons (Fsp3) is 0.400. The number of rotatable bonds is 6. The number of hydrogen-bond acceptors (Lipinski definition) is 8. The second-order valence-corrected chi connectivity index (χ2v) is 11.2. The van der Waals surface area contributed by atoms with E-state index in [1.807, 2.05) is 36.4 Å². The lowest BCUT2D eigenvalue weighted by molar-refractivity contribution is 0.0904. The van der Waals surface area contributed by atoms with E-state index in [0.717, 1.165) is 92.2 Å². The molecule has 206 valence electrons. The van der Waals surface area contributed by atoms with E-state index >= 15 is 0 Å². The van der Waals surface area contributed by atoms with Gasteiger partial charge in [0, 0.05) is 36.7 Å². The monoisotopic (exact) mass is 538 g/mol. The van der Waals surface area contributed by atoms with Crippen molar-refractivity contribution >= 4 is 28.4 Å². The van der Waals surface area contributed by atoms with Crippen molar-refractivity contribution in [1.82, 2.24) is 24.8 Å². The van der Waals surface area contributed by atoms with Crippen molar-refractivity contribution in [2.75, 3.05) is 36.5 Å². The van der Waals surface area contributed by atoms with Crippen LogP contribution >= 0.6 is 0 Å². The highest BCUT2D eigenvalue weighted by Gasteiger charge is 2.39. The highest BCUT2D eigenvalue weighted by molar-refractivity contribution is 6.03. The molecule has 6 heterocycles. The predicted molar refractivity (Wildman–Crippen MR) is 154 cm³/mol. The number of fused-ring (bicyclic) bond motifs is 3. The van der Waals surface area contributed by atoms with Crippen molar-refractivity contribution in [1.29, 1.82) is 0 Å². The number of anilines is 2. The summed E-state index contributed by atoms with van der Waals surface area (Å²) in [5.41, 5.74) is 11.1. The number of benzene rings is 1. The summed E-state index contributed by atoms with van der Waals surface area (Å²) in [4.78, 5) is 34.7. The molecule has 10 nitrogen and oxygen atoms in total. The molecule has 3 aliphatic heterocycles. The maximum absolute atomic E-state index is 13.0.